The summed E-state index contributed by atoms with van der Waals surface area (Å²) in [6.07, 6.45) is 0. The van der Waals surface area contributed by atoms with Crippen LogP contribution in [0.1, 0.15) is 11.1 Å². The lowest BCUT2D eigenvalue weighted by molar-refractivity contribution is -0.143. The number of fused-ring (bicyclic) bond motifs is 3. The third-order valence-corrected chi connectivity index (χ3v) is 6.53. The maximum Gasteiger partial charge on any atom is 0.296 e. The van der Waals surface area contributed by atoms with Gasteiger partial charge < -0.3 is 29.3 Å². The number of hydrogen-bond acceptors (Lipinski definition) is 7. The molecular formula is C25H25N3O6. The SMILES string of the molecule is CN(C)CCN1C(=O)C(=O)/C(=C(/O)c2ccc3c(c2)OCCO3)[C@@]12C(=O)N(C)c1ccccc12. The molecule has 9 nitrogen and oxygen atoms in total. The predicted molar refractivity (Wildman–Crippen MR) is 124 cm³/mol. The number of likely N-dealkylation sites (tertiary alicyclic amines) is 1. The van der Waals surface area contributed by atoms with Crippen LogP contribution >= 0.6 is 0 Å². The van der Waals surface area contributed by atoms with Crippen LogP contribution < -0.4 is 14.4 Å². The van der Waals surface area contributed by atoms with Crippen LogP contribution in [-0.4, -0.2) is 80.0 Å². The van der Waals surface area contributed by atoms with Crippen molar-refractivity contribution >= 4 is 29.0 Å². The van der Waals surface area contributed by atoms with Crippen LogP contribution in [-0.2, 0) is 19.9 Å². The van der Waals surface area contributed by atoms with E-state index in [2.05, 4.69) is 0 Å². The van der Waals surface area contributed by atoms with Crippen LogP contribution in [0.3, 0.4) is 0 Å². The lowest BCUT2D eigenvalue weighted by atomic mass is 9.82. The lowest BCUT2D eigenvalue weighted by Gasteiger charge is -2.34. The number of nitrogens with zero attached hydrogens (tertiary/aromatic N) is 3. The summed E-state index contributed by atoms with van der Waals surface area (Å²) in [6.45, 7) is 1.32. The van der Waals surface area contributed by atoms with Crippen LogP contribution in [0.15, 0.2) is 48.0 Å². The molecule has 2 aromatic rings. The average Bonchev–Trinajstić information content (AvgIpc) is 3.20. The zero-order chi connectivity index (χ0) is 24.2. The van der Waals surface area contributed by atoms with Crippen LogP contribution in [0.2, 0.25) is 0 Å². The van der Waals surface area contributed by atoms with E-state index < -0.39 is 28.9 Å². The van der Waals surface area contributed by atoms with Gasteiger partial charge in [0, 0.05) is 37.0 Å². The smallest absolute Gasteiger partial charge is 0.296 e. The van der Waals surface area contributed by atoms with Crippen molar-refractivity contribution in [2.75, 3.05) is 52.3 Å². The van der Waals surface area contributed by atoms with Crippen LogP contribution in [0, 0.1) is 0 Å². The van der Waals surface area contributed by atoms with Crippen molar-refractivity contribution in [3.8, 4) is 11.5 Å². The molecule has 0 aromatic heterocycles. The number of aliphatic hydroxyl groups is 1. The van der Waals surface area contributed by atoms with Crippen molar-refractivity contribution in [1.82, 2.24) is 9.80 Å². The van der Waals surface area contributed by atoms with Gasteiger partial charge in [-0.2, -0.15) is 0 Å². The van der Waals surface area contributed by atoms with E-state index >= 15 is 0 Å². The largest absolute Gasteiger partial charge is 0.507 e. The van der Waals surface area contributed by atoms with Gasteiger partial charge in [-0.05, 0) is 38.4 Å². The van der Waals surface area contributed by atoms with Gasteiger partial charge in [0.2, 0.25) is 0 Å². The summed E-state index contributed by atoms with van der Waals surface area (Å²) in [4.78, 5) is 45.2. The van der Waals surface area contributed by atoms with Gasteiger partial charge in [-0.15, -0.1) is 0 Å². The molecule has 1 fully saturated rings. The fraction of sp³-hybridized carbons (Fsp3) is 0.320. The van der Waals surface area contributed by atoms with Gasteiger partial charge >= 0.3 is 0 Å². The number of likely N-dealkylation sites (N-methyl/N-ethyl adjacent to an activating group) is 2. The second kappa shape index (κ2) is 7.88. The molecule has 5 rings (SSSR count). The number of anilines is 1. The van der Waals surface area contributed by atoms with Gasteiger partial charge in [-0.1, -0.05) is 18.2 Å². The first-order chi connectivity index (χ1) is 16.3. The third kappa shape index (κ3) is 2.93. The van der Waals surface area contributed by atoms with Gasteiger partial charge in [0.15, 0.2) is 17.0 Å². The predicted octanol–water partition coefficient (Wildman–Crippen LogP) is 1.57. The third-order valence-electron chi connectivity index (χ3n) is 6.53. The van der Waals surface area contributed by atoms with E-state index in [9.17, 15) is 19.5 Å². The van der Waals surface area contributed by atoms with Crippen molar-refractivity contribution in [3.05, 3.63) is 59.2 Å². The van der Waals surface area contributed by atoms with E-state index in [0.717, 1.165) is 0 Å². The molecule has 2 aromatic carbocycles. The summed E-state index contributed by atoms with van der Waals surface area (Å²) in [5.74, 6) is -1.68. The zero-order valence-corrected chi connectivity index (χ0v) is 19.2. The Labute approximate surface area is 196 Å². The highest BCUT2D eigenvalue weighted by Crippen LogP contribution is 2.53. The topological polar surface area (TPSA) is 99.6 Å². The first-order valence-electron chi connectivity index (χ1n) is 11.0. The summed E-state index contributed by atoms with van der Waals surface area (Å²) >= 11 is 0. The number of hydrogen-bond donors (Lipinski definition) is 1. The van der Waals surface area contributed by atoms with E-state index in [1.165, 1.54) is 9.80 Å². The molecule has 3 aliphatic heterocycles. The maximum atomic E-state index is 13.9. The Kier molecular flexibility index (Phi) is 5.09. The molecule has 9 heteroatoms. The van der Waals surface area contributed by atoms with Gasteiger partial charge in [-0.25, -0.2) is 0 Å². The minimum absolute atomic E-state index is 0.128. The molecule has 3 heterocycles. The standard InChI is InChI=1S/C25H25N3O6/c1-26(2)10-11-28-23(31)22(30)20(21(29)15-8-9-18-19(14-15)34-13-12-33-18)25(28)16-6-4-5-7-17(16)27(3)24(25)32/h4-9,14,29H,10-13H2,1-3H3/b21-20-/t25-/m0/s1. The average molecular weight is 463 g/mol. The number of rotatable bonds is 4. The summed E-state index contributed by atoms with van der Waals surface area (Å²) < 4.78 is 11.2. The maximum absolute atomic E-state index is 13.9. The Balaban J connectivity index is 1.77. The summed E-state index contributed by atoms with van der Waals surface area (Å²) in [5.41, 5.74) is -0.673. The molecule has 176 valence electrons. The molecule has 0 saturated carbocycles. The van der Waals surface area contributed by atoms with Crippen molar-refractivity contribution in [1.29, 1.82) is 0 Å². The number of para-hydroxylation sites is 1. The number of ketones is 1. The van der Waals surface area contributed by atoms with E-state index in [-0.39, 0.29) is 17.7 Å². The number of benzene rings is 2. The molecule has 0 radical (unpaired) electrons. The normalized spacial score (nSPS) is 22.8. The highest BCUT2D eigenvalue weighted by atomic mass is 16.6. The number of carbonyl (C=O) groups is 3. The molecule has 34 heavy (non-hydrogen) atoms. The summed E-state index contributed by atoms with van der Waals surface area (Å²) in [5, 5.41) is 11.5. The Hall–Kier alpha value is -3.85. The minimum atomic E-state index is -1.76. The quantitative estimate of drug-likeness (QED) is 0.417. The van der Waals surface area contributed by atoms with E-state index in [4.69, 9.17) is 9.47 Å². The number of carbonyl (C=O) groups excluding carboxylic acids is 3. The van der Waals surface area contributed by atoms with Gasteiger partial charge in [-0.3, -0.25) is 14.4 Å². The Bertz CT molecular complexity index is 1250. The highest BCUT2D eigenvalue weighted by Gasteiger charge is 2.66. The number of aliphatic hydroxyl groups excluding tert-OH is 1. The highest BCUT2D eigenvalue weighted by molar-refractivity contribution is 6.50. The fourth-order valence-electron chi connectivity index (χ4n) is 4.91. The fourth-order valence-corrected chi connectivity index (χ4v) is 4.91. The molecule has 3 aliphatic rings. The minimum Gasteiger partial charge on any atom is -0.507 e. The number of Topliss-reactive ketones (excluding diaryl/α,β-unsaturated/α-hetero) is 1. The first-order valence-corrected chi connectivity index (χ1v) is 11.0. The molecule has 1 spiro atoms. The molecule has 1 N–H and O–H groups in total. The van der Waals surface area contributed by atoms with Crippen molar-refractivity contribution in [2.24, 2.45) is 0 Å². The van der Waals surface area contributed by atoms with E-state index in [1.807, 2.05) is 19.0 Å². The summed E-state index contributed by atoms with van der Waals surface area (Å²) in [6, 6.07) is 11.8. The molecule has 2 amide bonds. The zero-order valence-electron chi connectivity index (χ0n) is 19.2. The van der Waals surface area contributed by atoms with Crippen molar-refractivity contribution < 1.29 is 29.0 Å². The molecule has 1 saturated heterocycles. The molecule has 1 atom stereocenters. The lowest BCUT2D eigenvalue weighted by Crippen LogP contribution is -2.52. The number of ether oxygens (including phenoxy) is 2. The molecule has 0 unspecified atom stereocenters. The summed E-state index contributed by atoms with van der Waals surface area (Å²) in [7, 11) is 5.29. The first kappa shape index (κ1) is 22.0. The Morgan fingerprint density at radius 2 is 1.76 bits per heavy atom. The van der Waals surface area contributed by atoms with Gasteiger partial charge in [0.1, 0.15) is 19.0 Å². The molecule has 0 bridgehead atoms. The second-order valence-electron chi connectivity index (χ2n) is 8.76. The molecular weight excluding hydrogens is 438 g/mol. The van der Waals surface area contributed by atoms with Crippen LogP contribution in [0.4, 0.5) is 5.69 Å². The van der Waals surface area contributed by atoms with Crippen molar-refractivity contribution in [3.63, 3.8) is 0 Å². The van der Waals surface area contributed by atoms with E-state index in [0.29, 0.717) is 42.5 Å². The monoisotopic (exact) mass is 463 g/mol. The molecule has 0 aliphatic carbocycles. The Morgan fingerprint density at radius 1 is 1.06 bits per heavy atom. The van der Waals surface area contributed by atoms with Gasteiger partial charge in [0.25, 0.3) is 17.6 Å². The second-order valence-corrected chi connectivity index (χ2v) is 8.76. The number of amides is 2. The van der Waals surface area contributed by atoms with Gasteiger partial charge in [0.05, 0.1) is 5.57 Å². The Morgan fingerprint density at radius 3 is 2.50 bits per heavy atom. The van der Waals surface area contributed by atoms with Crippen LogP contribution in [0.5, 0.6) is 11.5 Å². The van der Waals surface area contributed by atoms with Crippen molar-refractivity contribution in [2.45, 2.75) is 5.54 Å². The van der Waals surface area contributed by atoms with Crippen LogP contribution in [0.25, 0.3) is 5.76 Å². The van der Waals surface area contributed by atoms with E-state index in [1.54, 1.807) is 49.5 Å².